The molecule has 1 aliphatic heterocycles. The molecule has 0 aliphatic carbocycles. The van der Waals surface area contributed by atoms with Crippen LogP contribution in [0.25, 0.3) is 0 Å². The van der Waals surface area contributed by atoms with E-state index in [4.69, 9.17) is 17.0 Å². The van der Waals surface area contributed by atoms with Crippen LogP contribution in [0.2, 0.25) is 0 Å². The van der Waals surface area contributed by atoms with Crippen LogP contribution in [0.4, 0.5) is 5.69 Å². The fourth-order valence-corrected chi connectivity index (χ4v) is 2.08. The van der Waals surface area contributed by atoms with Gasteiger partial charge in [0.25, 0.3) is 0 Å². The lowest BCUT2D eigenvalue weighted by Crippen LogP contribution is -2.40. The highest BCUT2D eigenvalue weighted by Crippen LogP contribution is 2.13. The van der Waals surface area contributed by atoms with Crippen LogP contribution >= 0.6 is 12.2 Å². The molecule has 0 radical (unpaired) electrons. The van der Waals surface area contributed by atoms with Crippen LogP contribution in [-0.2, 0) is 4.74 Å². The number of nitrogens with one attached hydrogen (secondary N) is 1. The van der Waals surface area contributed by atoms with E-state index in [-0.39, 0.29) is 0 Å². The zero-order chi connectivity index (χ0) is 12.1. The molecule has 0 amide bonds. The number of thiocarbonyl (C=S) groups is 1. The Morgan fingerprint density at radius 2 is 2.24 bits per heavy atom. The largest absolute Gasteiger partial charge is 0.376 e. The number of ether oxygens (including phenoxy) is 1. The standard InChI is InChI=1S/C13H18N2OS/c1-15(11-6-3-2-4-7-11)13(17)14-10-12-8-5-9-16-12/h2-4,6-7,12H,5,8-10H2,1H3,(H,14,17)/t12-/m1/s1. The molecular weight excluding hydrogens is 232 g/mol. The van der Waals surface area contributed by atoms with Gasteiger partial charge in [-0.3, -0.25) is 0 Å². The number of para-hydroxylation sites is 1. The molecular formula is C13H18N2OS. The van der Waals surface area contributed by atoms with Crippen LogP contribution in [0.15, 0.2) is 30.3 Å². The monoisotopic (exact) mass is 250 g/mol. The number of rotatable bonds is 3. The Kier molecular flexibility index (Phi) is 4.34. The second kappa shape index (κ2) is 5.98. The molecule has 0 unspecified atom stereocenters. The van der Waals surface area contributed by atoms with E-state index < -0.39 is 0 Å². The van der Waals surface area contributed by atoms with Gasteiger partial charge in [0.2, 0.25) is 0 Å². The summed E-state index contributed by atoms with van der Waals surface area (Å²) in [6.07, 6.45) is 2.61. The number of nitrogens with zero attached hydrogens (tertiary/aromatic N) is 1. The third-order valence-electron chi connectivity index (χ3n) is 2.95. The maximum Gasteiger partial charge on any atom is 0.173 e. The molecule has 4 heteroatoms. The molecule has 1 aromatic carbocycles. The van der Waals surface area contributed by atoms with Crippen molar-refractivity contribution >= 4 is 23.0 Å². The highest BCUT2D eigenvalue weighted by Gasteiger charge is 2.16. The van der Waals surface area contributed by atoms with E-state index in [1.54, 1.807) is 0 Å². The highest BCUT2D eigenvalue weighted by molar-refractivity contribution is 7.80. The third-order valence-corrected chi connectivity index (χ3v) is 3.37. The Hall–Kier alpha value is -1.13. The summed E-state index contributed by atoms with van der Waals surface area (Å²) >= 11 is 5.35. The lowest BCUT2D eigenvalue weighted by atomic mass is 10.2. The van der Waals surface area contributed by atoms with E-state index in [0.717, 1.165) is 36.8 Å². The maximum atomic E-state index is 5.55. The van der Waals surface area contributed by atoms with Crippen LogP contribution < -0.4 is 10.2 Å². The summed E-state index contributed by atoms with van der Waals surface area (Å²) in [6, 6.07) is 10.1. The predicted octanol–water partition coefficient (Wildman–Crippen LogP) is 2.18. The zero-order valence-corrected chi connectivity index (χ0v) is 10.9. The van der Waals surface area contributed by atoms with E-state index in [2.05, 4.69) is 5.32 Å². The van der Waals surface area contributed by atoms with Gasteiger partial charge in [0.1, 0.15) is 0 Å². The highest BCUT2D eigenvalue weighted by atomic mass is 32.1. The first kappa shape index (κ1) is 12.3. The summed E-state index contributed by atoms with van der Waals surface area (Å²) in [5.74, 6) is 0. The molecule has 2 rings (SSSR count). The summed E-state index contributed by atoms with van der Waals surface area (Å²) in [7, 11) is 1.97. The molecule has 3 nitrogen and oxygen atoms in total. The van der Waals surface area contributed by atoms with E-state index in [1.807, 2.05) is 42.3 Å². The first-order valence-electron chi connectivity index (χ1n) is 5.95. The summed E-state index contributed by atoms with van der Waals surface area (Å²) in [5.41, 5.74) is 1.09. The summed E-state index contributed by atoms with van der Waals surface area (Å²) in [5, 5.41) is 4.00. The number of hydrogen-bond acceptors (Lipinski definition) is 2. The first-order valence-corrected chi connectivity index (χ1v) is 6.36. The van der Waals surface area contributed by atoms with Gasteiger partial charge in [-0.05, 0) is 37.2 Å². The Bertz CT molecular complexity index is 363. The average molecular weight is 250 g/mol. The minimum Gasteiger partial charge on any atom is -0.376 e. The fourth-order valence-electron chi connectivity index (χ4n) is 1.89. The van der Waals surface area contributed by atoms with E-state index >= 15 is 0 Å². The van der Waals surface area contributed by atoms with E-state index in [9.17, 15) is 0 Å². The second-order valence-corrected chi connectivity index (χ2v) is 4.60. The Labute approximate surface area is 108 Å². The average Bonchev–Trinajstić information content (AvgIpc) is 2.89. The Morgan fingerprint density at radius 1 is 1.47 bits per heavy atom. The summed E-state index contributed by atoms with van der Waals surface area (Å²) in [6.45, 7) is 1.68. The molecule has 92 valence electrons. The van der Waals surface area contributed by atoms with Gasteiger partial charge in [-0.25, -0.2) is 0 Å². The minimum atomic E-state index is 0.317. The van der Waals surface area contributed by atoms with Crippen LogP contribution in [0.1, 0.15) is 12.8 Å². The van der Waals surface area contributed by atoms with Crippen molar-refractivity contribution in [2.75, 3.05) is 25.1 Å². The van der Waals surface area contributed by atoms with Gasteiger partial charge in [-0.15, -0.1) is 0 Å². The van der Waals surface area contributed by atoms with Gasteiger partial charge >= 0.3 is 0 Å². The fraction of sp³-hybridized carbons (Fsp3) is 0.462. The van der Waals surface area contributed by atoms with Crippen molar-refractivity contribution in [2.24, 2.45) is 0 Å². The van der Waals surface area contributed by atoms with Gasteiger partial charge in [0.05, 0.1) is 6.10 Å². The van der Waals surface area contributed by atoms with Crippen molar-refractivity contribution in [1.82, 2.24) is 5.32 Å². The van der Waals surface area contributed by atoms with E-state index in [1.165, 1.54) is 0 Å². The lowest BCUT2D eigenvalue weighted by molar-refractivity contribution is 0.114. The van der Waals surface area contributed by atoms with Crippen LogP contribution in [0.5, 0.6) is 0 Å². The summed E-state index contributed by atoms with van der Waals surface area (Å²) in [4.78, 5) is 1.98. The molecule has 0 saturated carbocycles. The summed E-state index contributed by atoms with van der Waals surface area (Å²) < 4.78 is 5.55. The zero-order valence-electron chi connectivity index (χ0n) is 10.1. The molecule has 0 bridgehead atoms. The second-order valence-electron chi connectivity index (χ2n) is 4.22. The molecule has 0 aromatic heterocycles. The SMILES string of the molecule is CN(C(=S)NC[C@H]1CCCO1)c1ccccc1. The van der Waals surface area contributed by atoms with Crippen molar-refractivity contribution in [3.63, 3.8) is 0 Å². The first-order chi connectivity index (χ1) is 8.27. The van der Waals surface area contributed by atoms with Crippen LogP contribution in [-0.4, -0.2) is 31.4 Å². The molecule has 1 heterocycles. The van der Waals surface area contributed by atoms with Crippen molar-refractivity contribution in [3.05, 3.63) is 30.3 Å². The normalized spacial score (nSPS) is 19.0. The van der Waals surface area contributed by atoms with Crippen molar-refractivity contribution < 1.29 is 4.74 Å². The van der Waals surface area contributed by atoms with Crippen LogP contribution in [0, 0.1) is 0 Å². The van der Waals surface area contributed by atoms with Crippen molar-refractivity contribution in [3.8, 4) is 0 Å². The maximum absolute atomic E-state index is 5.55. The lowest BCUT2D eigenvalue weighted by Gasteiger charge is -2.22. The number of anilines is 1. The van der Waals surface area contributed by atoms with Gasteiger partial charge in [-0.1, -0.05) is 18.2 Å². The quantitative estimate of drug-likeness (QED) is 0.831. The van der Waals surface area contributed by atoms with Crippen LogP contribution in [0.3, 0.4) is 0 Å². The molecule has 1 atom stereocenters. The van der Waals surface area contributed by atoms with Crippen molar-refractivity contribution in [2.45, 2.75) is 18.9 Å². The predicted molar refractivity (Wildman–Crippen MR) is 74.4 cm³/mol. The van der Waals surface area contributed by atoms with Gasteiger partial charge in [-0.2, -0.15) is 0 Å². The van der Waals surface area contributed by atoms with Gasteiger partial charge in [0, 0.05) is 25.9 Å². The number of hydrogen-bond donors (Lipinski definition) is 1. The molecule has 1 fully saturated rings. The van der Waals surface area contributed by atoms with Gasteiger partial charge in [0.15, 0.2) is 5.11 Å². The molecule has 17 heavy (non-hydrogen) atoms. The molecule has 1 aliphatic rings. The van der Waals surface area contributed by atoms with Crippen molar-refractivity contribution in [1.29, 1.82) is 0 Å². The molecule has 1 N–H and O–H groups in total. The molecule has 1 aromatic rings. The topological polar surface area (TPSA) is 24.5 Å². The number of benzene rings is 1. The molecule has 1 saturated heterocycles. The Morgan fingerprint density at radius 3 is 2.88 bits per heavy atom. The minimum absolute atomic E-state index is 0.317. The van der Waals surface area contributed by atoms with Gasteiger partial charge < -0.3 is 15.0 Å². The van der Waals surface area contributed by atoms with E-state index in [0.29, 0.717) is 6.10 Å². The smallest absolute Gasteiger partial charge is 0.173 e. The Balaban J connectivity index is 1.83. The third kappa shape index (κ3) is 3.41. The molecule has 0 spiro atoms.